The van der Waals surface area contributed by atoms with Crippen LogP contribution < -0.4 is 9.64 Å². The Bertz CT molecular complexity index is 1260. The predicted molar refractivity (Wildman–Crippen MR) is 152 cm³/mol. The first-order chi connectivity index (χ1) is 18.8. The monoisotopic (exact) mass is 553 g/mol. The van der Waals surface area contributed by atoms with Gasteiger partial charge in [0.2, 0.25) is 5.91 Å². The molecule has 3 aromatic rings. The van der Waals surface area contributed by atoms with Crippen molar-refractivity contribution in [3.63, 3.8) is 0 Å². The Morgan fingerprint density at radius 1 is 0.900 bits per heavy atom. The minimum absolute atomic E-state index is 0.0160. The van der Waals surface area contributed by atoms with Crippen LogP contribution in [0, 0.1) is 0 Å². The lowest BCUT2D eigenvalue weighted by Gasteiger charge is -2.30. The molecule has 0 unspecified atom stereocenters. The van der Waals surface area contributed by atoms with E-state index in [4.69, 9.17) is 0 Å². The van der Waals surface area contributed by atoms with E-state index in [-0.39, 0.29) is 29.3 Å². The molecule has 0 aliphatic carbocycles. The summed E-state index contributed by atoms with van der Waals surface area (Å²) in [5.41, 5.74) is 4.20. The molecule has 0 aromatic heterocycles. The van der Waals surface area contributed by atoms with Crippen molar-refractivity contribution in [3.05, 3.63) is 95.6 Å². The van der Waals surface area contributed by atoms with Gasteiger partial charge >= 0.3 is 6.36 Å². The highest BCUT2D eigenvalue weighted by Crippen LogP contribution is 2.36. The second-order valence-electron chi connectivity index (χ2n) is 11.4. The predicted octanol–water partition coefficient (Wildman–Crippen LogP) is 6.79. The maximum absolute atomic E-state index is 13.8. The maximum Gasteiger partial charge on any atom is 0.573 e. The summed E-state index contributed by atoms with van der Waals surface area (Å²) in [7, 11) is 4.03. The van der Waals surface area contributed by atoms with Crippen LogP contribution in [0.5, 0.6) is 5.75 Å². The Balaban J connectivity index is 1.53. The van der Waals surface area contributed by atoms with E-state index in [1.54, 1.807) is 12.1 Å². The molecule has 0 N–H and O–H groups in total. The number of benzene rings is 3. The van der Waals surface area contributed by atoms with Crippen molar-refractivity contribution in [2.45, 2.75) is 57.6 Å². The lowest BCUT2D eigenvalue weighted by atomic mass is 9.86. The van der Waals surface area contributed by atoms with Crippen LogP contribution in [0.3, 0.4) is 0 Å². The van der Waals surface area contributed by atoms with Gasteiger partial charge in [0, 0.05) is 25.8 Å². The minimum Gasteiger partial charge on any atom is -0.406 e. The molecule has 5 nitrogen and oxygen atoms in total. The zero-order valence-electron chi connectivity index (χ0n) is 23.8. The summed E-state index contributed by atoms with van der Waals surface area (Å²) in [6, 6.07) is 24.1. The normalized spacial score (nSPS) is 18.3. The average molecular weight is 554 g/mol. The number of rotatable bonds is 9. The number of carbonyl (C=O) groups excluding carboxylic acids is 1. The molecule has 0 radical (unpaired) electrons. The Morgan fingerprint density at radius 3 is 2.10 bits per heavy atom. The van der Waals surface area contributed by atoms with Crippen molar-refractivity contribution >= 4 is 11.6 Å². The Labute approximate surface area is 235 Å². The van der Waals surface area contributed by atoms with Gasteiger partial charge in [0.25, 0.3) is 0 Å². The number of halogens is 3. The summed E-state index contributed by atoms with van der Waals surface area (Å²) in [4.78, 5) is 20.0. The molecule has 3 aromatic carbocycles. The molecule has 8 heteroatoms. The van der Waals surface area contributed by atoms with Gasteiger partial charge in [-0.1, -0.05) is 75.4 Å². The van der Waals surface area contributed by atoms with E-state index in [0.717, 1.165) is 23.4 Å². The first-order valence-electron chi connectivity index (χ1n) is 13.6. The zero-order chi connectivity index (χ0) is 29.1. The summed E-state index contributed by atoms with van der Waals surface area (Å²) in [5, 5.41) is 0. The topological polar surface area (TPSA) is 36.0 Å². The third kappa shape index (κ3) is 7.16. The molecule has 214 valence electrons. The van der Waals surface area contributed by atoms with Crippen molar-refractivity contribution < 1.29 is 22.7 Å². The number of nitrogens with zero attached hydrogens (tertiary/aromatic N) is 3. The molecule has 40 heavy (non-hydrogen) atoms. The SMILES string of the molecule is CN(CC[C@H]1C(=O)N(CCc2ccc(OC(F)(F)F)cc2)[C@H](c2ccc(C(C)(C)C)cc2)N1C)c1ccccc1. The maximum atomic E-state index is 13.8. The third-order valence-corrected chi connectivity index (χ3v) is 7.55. The van der Waals surface area contributed by atoms with Crippen molar-refractivity contribution in [2.24, 2.45) is 0 Å². The molecule has 0 bridgehead atoms. The van der Waals surface area contributed by atoms with Gasteiger partial charge in [-0.25, -0.2) is 0 Å². The summed E-state index contributed by atoms with van der Waals surface area (Å²) < 4.78 is 41.6. The van der Waals surface area contributed by atoms with Crippen LogP contribution in [0.2, 0.25) is 0 Å². The molecule has 0 spiro atoms. The molecular formula is C32H38F3N3O2. The number of amides is 1. The van der Waals surface area contributed by atoms with E-state index >= 15 is 0 Å². The second kappa shape index (κ2) is 11.9. The number of para-hydroxylation sites is 1. The largest absolute Gasteiger partial charge is 0.573 e. The molecule has 0 saturated carbocycles. The molecule has 2 atom stereocenters. The first-order valence-corrected chi connectivity index (χ1v) is 13.6. The number of carbonyl (C=O) groups is 1. The number of hydrogen-bond acceptors (Lipinski definition) is 4. The fraction of sp³-hybridized carbons (Fsp3) is 0.406. The van der Waals surface area contributed by atoms with Gasteiger partial charge in [-0.15, -0.1) is 13.2 Å². The van der Waals surface area contributed by atoms with Gasteiger partial charge in [0.15, 0.2) is 0 Å². The van der Waals surface area contributed by atoms with Gasteiger partial charge < -0.3 is 14.5 Å². The molecule has 1 saturated heterocycles. The van der Waals surface area contributed by atoms with Gasteiger partial charge in [0.05, 0.1) is 6.04 Å². The summed E-state index contributed by atoms with van der Waals surface area (Å²) in [6.07, 6.45) is -3.79. The molecule has 4 rings (SSSR count). The number of ether oxygens (including phenoxy) is 1. The van der Waals surface area contributed by atoms with Gasteiger partial charge in [0.1, 0.15) is 11.9 Å². The fourth-order valence-electron chi connectivity index (χ4n) is 5.24. The van der Waals surface area contributed by atoms with Crippen LogP contribution in [-0.2, 0) is 16.6 Å². The first kappa shape index (κ1) is 29.5. The van der Waals surface area contributed by atoms with Crippen LogP contribution in [0.1, 0.15) is 50.0 Å². The quantitative estimate of drug-likeness (QED) is 0.292. The van der Waals surface area contributed by atoms with Crippen LogP contribution >= 0.6 is 0 Å². The summed E-state index contributed by atoms with van der Waals surface area (Å²) in [6.45, 7) is 7.67. The van der Waals surface area contributed by atoms with E-state index in [0.29, 0.717) is 19.4 Å². The van der Waals surface area contributed by atoms with Crippen molar-refractivity contribution in [2.75, 3.05) is 32.1 Å². The summed E-state index contributed by atoms with van der Waals surface area (Å²) in [5.74, 6) is -0.196. The van der Waals surface area contributed by atoms with Gasteiger partial charge in [-0.2, -0.15) is 0 Å². The van der Waals surface area contributed by atoms with Gasteiger partial charge in [-0.3, -0.25) is 9.69 Å². The van der Waals surface area contributed by atoms with Crippen LogP contribution in [0.25, 0.3) is 0 Å². The smallest absolute Gasteiger partial charge is 0.406 e. The van der Waals surface area contributed by atoms with E-state index in [1.807, 2.05) is 37.2 Å². The fourth-order valence-corrected chi connectivity index (χ4v) is 5.24. The average Bonchev–Trinajstić information content (AvgIpc) is 3.14. The Kier molecular flexibility index (Phi) is 8.78. The molecular weight excluding hydrogens is 515 g/mol. The number of hydrogen-bond donors (Lipinski definition) is 0. The Hall–Kier alpha value is -3.52. The number of anilines is 1. The Morgan fingerprint density at radius 2 is 1.52 bits per heavy atom. The zero-order valence-corrected chi connectivity index (χ0v) is 23.8. The van der Waals surface area contributed by atoms with Crippen LogP contribution in [0.15, 0.2) is 78.9 Å². The van der Waals surface area contributed by atoms with Crippen LogP contribution in [0.4, 0.5) is 18.9 Å². The number of likely N-dealkylation sites (N-methyl/N-ethyl adjacent to an activating group) is 1. The van der Waals surface area contributed by atoms with Gasteiger partial charge in [-0.05, 0) is 66.3 Å². The van der Waals surface area contributed by atoms with Crippen molar-refractivity contribution in [1.29, 1.82) is 0 Å². The standard InChI is InChI=1S/C32H38F3N3O2/c1-31(2,3)25-15-13-24(14-16-25)29-37(5)28(20-21-36(4)26-9-7-6-8-10-26)30(39)38(29)22-19-23-11-17-27(18-12-23)40-32(33,34)35/h6-18,28-29H,19-22H2,1-5H3/t28-,29+/m0/s1. The highest BCUT2D eigenvalue weighted by atomic mass is 19.4. The van der Waals surface area contributed by atoms with Crippen molar-refractivity contribution in [1.82, 2.24) is 9.80 Å². The molecule has 1 aliphatic heterocycles. The summed E-state index contributed by atoms with van der Waals surface area (Å²) >= 11 is 0. The second-order valence-corrected chi connectivity index (χ2v) is 11.4. The van der Waals surface area contributed by atoms with E-state index < -0.39 is 6.36 Å². The molecule has 1 aliphatic rings. The molecule has 1 fully saturated rings. The highest BCUT2D eigenvalue weighted by molar-refractivity contribution is 5.84. The van der Waals surface area contributed by atoms with E-state index in [2.05, 4.69) is 71.7 Å². The minimum atomic E-state index is -4.73. The van der Waals surface area contributed by atoms with Crippen LogP contribution in [-0.4, -0.2) is 55.3 Å². The van der Waals surface area contributed by atoms with E-state index in [9.17, 15) is 18.0 Å². The number of alkyl halides is 3. The van der Waals surface area contributed by atoms with E-state index in [1.165, 1.54) is 17.7 Å². The molecule has 1 heterocycles. The highest BCUT2D eigenvalue weighted by Gasteiger charge is 2.44. The lowest BCUT2D eigenvalue weighted by molar-refractivity contribution is -0.274. The lowest BCUT2D eigenvalue weighted by Crippen LogP contribution is -2.35. The van der Waals surface area contributed by atoms with Crippen molar-refractivity contribution in [3.8, 4) is 5.75 Å². The molecule has 1 amide bonds. The third-order valence-electron chi connectivity index (χ3n) is 7.55.